The monoisotopic (exact) mass is 316 g/mol. The maximum atomic E-state index is 13.4. The first-order chi connectivity index (χ1) is 11.1. The van der Waals surface area contributed by atoms with Crippen LogP contribution in [0.2, 0.25) is 0 Å². The summed E-state index contributed by atoms with van der Waals surface area (Å²) in [6.07, 6.45) is 2.58. The molecule has 3 nitrogen and oxygen atoms in total. The van der Waals surface area contributed by atoms with Crippen LogP contribution in [0.15, 0.2) is 42.5 Å². The lowest BCUT2D eigenvalue weighted by molar-refractivity contribution is 0.246. The molecule has 23 heavy (non-hydrogen) atoms. The largest absolute Gasteiger partial charge is 0.334 e. The van der Waals surface area contributed by atoms with Crippen LogP contribution in [-0.4, -0.2) is 12.6 Å². The standard InChI is InChI=1S/C18H18F2N2O/c19-15-6-4-13(5-7-15)12-21-18(23)22-10-2-1-3-14-11-16(20)8-9-17(14)22/h4-9,11H,1-3,10,12H2,(H,21,23). The quantitative estimate of drug-likeness (QED) is 0.892. The van der Waals surface area contributed by atoms with Gasteiger partial charge in [-0.25, -0.2) is 13.6 Å². The van der Waals surface area contributed by atoms with Gasteiger partial charge in [-0.15, -0.1) is 0 Å². The number of rotatable bonds is 2. The summed E-state index contributed by atoms with van der Waals surface area (Å²) >= 11 is 0. The first-order valence-corrected chi connectivity index (χ1v) is 7.72. The number of amides is 2. The molecule has 0 saturated carbocycles. The van der Waals surface area contributed by atoms with Gasteiger partial charge in [0.2, 0.25) is 0 Å². The third-order valence-corrected chi connectivity index (χ3v) is 4.01. The first kappa shape index (κ1) is 15.5. The molecule has 1 aliphatic rings. The van der Waals surface area contributed by atoms with Crippen molar-refractivity contribution in [2.45, 2.75) is 25.8 Å². The molecule has 0 saturated heterocycles. The summed E-state index contributed by atoms with van der Waals surface area (Å²) in [6.45, 7) is 0.931. The number of anilines is 1. The molecular formula is C18H18F2N2O. The van der Waals surface area contributed by atoms with Crippen LogP contribution in [0.25, 0.3) is 0 Å². The zero-order valence-corrected chi connectivity index (χ0v) is 12.7. The van der Waals surface area contributed by atoms with Crippen LogP contribution in [0.1, 0.15) is 24.0 Å². The molecule has 5 heteroatoms. The van der Waals surface area contributed by atoms with E-state index in [1.165, 1.54) is 24.3 Å². The fourth-order valence-corrected chi connectivity index (χ4v) is 2.81. The molecule has 1 N–H and O–H groups in total. The van der Waals surface area contributed by atoms with Crippen LogP contribution < -0.4 is 10.2 Å². The highest BCUT2D eigenvalue weighted by molar-refractivity contribution is 5.92. The van der Waals surface area contributed by atoms with Gasteiger partial charge in [0.05, 0.1) is 0 Å². The van der Waals surface area contributed by atoms with Crippen molar-refractivity contribution in [2.75, 3.05) is 11.4 Å². The van der Waals surface area contributed by atoms with Gasteiger partial charge in [0.1, 0.15) is 11.6 Å². The highest BCUT2D eigenvalue weighted by Gasteiger charge is 2.21. The zero-order valence-electron chi connectivity index (χ0n) is 12.7. The lowest BCUT2D eigenvalue weighted by Gasteiger charge is -2.23. The molecule has 2 amide bonds. The Morgan fingerprint density at radius 3 is 2.57 bits per heavy atom. The molecule has 0 unspecified atom stereocenters. The fourth-order valence-electron chi connectivity index (χ4n) is 2.81. The smallest absolute Gasteiger partial charge is 0.322 e. The first-order valence-electron chi connectivity index (χ1n) is 7.72. The Morgan fingerprint density at radius 2 is 1.78 bits per heavy atom. The van der Waals surface area contributed by atoms with E-state index < -0.39 is 0 Å². The number of halogens is 2. The van der Waals surface area contributed by atoms with E-state index in [1.54, 1.807) is 23.1 Å². The topological polar surface area (TPSA) is 32.3 Å². The van der Waals surface area contributed by atoms with Gasteiger partial charge < -0.3 is 5.32 Å². The number of hydrogen-bond donors (Lipinski definition) is 1. The van der Waals surface area contributed by atoms with Crippen LogP contribution in [0.3, 0.4) is 0 Å². The number of fused-ring (bicyclic) bond motifs is 1. The Hall–Kier alpha value is -2.43. The van der Waals surface area contributed by atoms with Gasteiger partial charge in [-0.1, -0.05) is 12.1 Å². The lowest BCUT2D eigenvalue weighted by Crippen LogP contribution is -2.40. The van der Waals surface area contributed by atoms with Gasteiger partial charge in [-0.05, 0) is 60.7 Å². The number of nitrogens with zero attached hydrogens (tertiary/aromatic N) is 1. The Balaban J connectivity index is 1.73. The van der Waals surface area contributed by atoms with E-state index >= 15 is 0 Å². The Bertz CT molecular complexity index is 701. The number of nitrogens with one attached hydrogen (secondary N) is 1. The normalized spacial score (nSPS) is 14.1. The van der Waals surface area contributed by atoms with Crippen LogP contribution >= 0.6 is 0 Å². The predicted octanol–water partition coefficient (Wildman–Crippen LogP) is 4.02. The molecular weight excluding hydrogens is 298 g/mol. The molecule has 0 radical (unpaired) electrons. The Morgan fingerprint density at radius 1 is 1.04 bits per heavy atom. The molecule has 0 atom stereocenters. The maximum Gasteiger partial charge on any atom is 0.322 e. The minimum Gasteiger partial charge on any atom is -0.334 e. The highest BCUT2D eigenvalue weighted by Crippen LogP contribution is 2.27. The van der Waals surface area contributed by atoms with E-state index in [9.17, 15) is 13.6 Å². The molecule has 0 spiro atoms. The number of carbonyl (C=O) groups is 1. The van der Waals surface area contributed by atoms with Gasteiger partial charge in [0.15, 0.2) is 0 Å². The van der Waals surface area contributed by atoms with Crippen LogP contribution in [0, 0.1) is 11.6 Å². The number of carbonyl (C=O) groups excluding carboxylic acids is 1. The van der Waals surface area contributed by atoms with Crippen molar-refractivity contribution in [3.05, 3.63) is 65.2 Å². The highest BCUT2D eigenvalue weighted by atomic mass is 19.1. The molecule has 2 aromatic carbocycles. The van der Waals surface area contributed by atoms with E-state index in [-0.39, 0.29) is 17.7 Å². The van der Waals surface area contributed by atoms with Gasteiger partial charge >= 0.3 is 6.03 Å². The number of hydrogen-bond acceptors (Lipinski definition) is 1. The van der Waals surface area contributed by atoms with Crippen molar-refractivity contribution in [2.24, 2.45) is 0 Å². The summed E-state index contributed by atoms with van der Waals surface area (Å²) in [4.78, 5) is 14.1. The van der Waals surface area contributed by atoms with E-state index in [2.05, 4.69) is 5.32 Å². The lowest BCUT2D eigenvalue weighted by atomic mass is 10.1. The molecule has 1 aliphatic heterocycles. The second-order valence-corrected chi connectivity index (χ2v) is 5.67. The van der Waals surface area contributed by atoms with Crippen molar-refractivity contribution < 1.29 is 13.6 Å². The van der Waals surface area contributed by atoms with Crippen molar-refractivity contribution in [3.63, 3.8) is 0 Å². The molecule has 1 heterocycles. The van der Waals surface area contributed by atoms with Crippen molar-refractivity contribution in [1.29, 1.82) is 0 Å². The fraction of sp³-hybridized carbons (Fsp3) is 0.278. The number of aryl methyl sites for hydroxylation is 1. The van der Waals surface area contributed by atoms with E-state index in [4.69, 9.17) is 0 Å². The Kier molecular flexibility index (Phi) is 4.55. The average molecular weight is 316 g/mol. The van der Waals surface area contributed by atoms with Crippen LogP contribution in [0.5, 0.6) is 0 Å². The summed E-state index contributed by atoms with van der Waals surface area (Å²) < 4.78 is 26.3. The summed E-state index contributed by atoms with van der Waals surface area (Å²) in [5.41, 5.74) is 2.45. The van der Waals surface area contributed by atoms with Gasteiger partial charge in [-0.3, -0.25) is 4.90 Å². The maximum absolute atomic E-state index is 13.4. The average Bonchev–Trinajstić information content (AvgIpc) is 2.76. The molecule has 0 bridgehead atoms. The third-order valence-electron chi connectivity index (χ3n) is 4.01. The summed E-state index contributed by atoms with van der Waals surface area (Å²) in [7, 11) is 0. The third kappa shape index (κ3) is 3.67. The molecule has 0 aliphatic carbocycles. The molecule has 0 fully saturated rings. The number of benzene rings is 2. The molecule has 3 rings (SSSR count). The van der Waals surface area contributed by atoms with Crippen molar-refractivity contribution >= 4 is 11.7 Å². The van der Waals surface area contributed by atoms with E-state index in [1.807, 2.05) is 0 Å². The van der Waals surface area contributed by atoms with Gasteiger partial charge in [-0.2, -0.15) is 0 Å². The minimum absolute atomic E-state index is 0.218. The summed E-state index contributed by atoms with van der Waals surface area (Å²) in [6, 6.07) is 10.3. The number of urea groups is 1. The zero-order chi connectivity index (χ0) is 16.2. The van der Waals surface area contributed by atoms with Gasteiger partial charge in [0.25, 0.3) is 0 Å². The molecule has 120 valence electrons. The van der Waals surface area contributed by atoms with Crippen molar-refractivity contribution in [3.8, 4) is 0 Å². The molecule has 2 aromatic rings. The second kappa shape index (κ2) is 6.77. The second-order valence-electron chi connectivity index (χ2n) is 5.67. The summed E-state index contributed by atoms with van der Waals surface area (Å²) in [5.74, 6) is -0.583. The van der Waals surface area contributed by atoms with E-state index in [0.29, 0.717) is 13.1 Å². The molecule has 0 aromatic heterocycles. The van der Waals surface area contributed by atoms with Gasteiger partial charge in [0, 0.05) is 18.8 Å². The van der Waals surface area contributed by atoms with Crippen molar-refractivity contribution in [1.82, 2.24) is 5.32 Å². The Labute approximate surface area is 133 Å². The predicted molar refractivity (Wildman–Crippen MR) is 85.3 cm³/mol. The van der Waals surface area contributed by atoms with Crippen LogP contribution in [-0.2, 0) is 13.0 Å². The van der Waals surface area contributed by atoms with Crippen LogP contribution in [0.4, 0.5) is 19.3 Å². The summed E-state index contributed by atoms with van der Waals surface area (Å²) in [5, 5.41) is 2.84. The SMILES string of the molecule is O=C(NCc1ccc(F)cc1)N1CCCCc2cc(F)ccc21. The van der Waals surface area contributed by atoms with E-state index in [0.717, 1.165) is 36.1 Å². The minimum atomic E-state index is -0.302.